The van der Waals surface area contributed by atoms with Crippen molar-refractivity contribution in [2.75, 3.05) is 20.0 Å². The van der Waals surface area contributed by atoms with E-state index < -0.39 is 11.7 Å². The van der Waals surface area contributed by atoms with Crippen LogP contribution < -0.4 is 25.0 Å². The number of pyridine rings is 1. The number of carbonyl (C=O) groups is 1. The van der Waals surface area contributed by atoms with Gasteiger partial charge in [-0.05, 0) is 23.7 Å². The zero-order valence-electron chi connectivity index (χ0n) is 22.4. The lowest BCUT2D eigenvalue weighted by molar-refractivity contribution is -0.672. The molecule has 0 fully saturated rings. The summed E-state index contributed by atoms with van der Waals surface area (Å²) >= 11 is 1.11. The van der Waals surface area contributed by atoms with Crippen LogP contribution in [0.5, 0.6) is 17.4 Å². The van der Waals surface area contributed by atoms with Crippen LogP contribution in [0.25, 0.3) is 38.3 Å². The highest BCUT2D eigenvalue weighted by Crippen LogP contribution is 2.46. The summed E-state index contributed by atoms with van der Waals surface area (Å²) in [6.07, 6.45) is 0. The number of methoxy groups -OCH3 is 2. The average Bonchev–Trinajstić information content (AvgIpc) is 3.56. The number of carbonyl (C=O) groups excluding carboxylic acids is 1. The van der Waals surface area contributed by atoms with E-state index in [-0.39, 0.29) is 16.3 Å². The second kappa shape index (κ2) is 10.4. The summed E-state index contributed by atoms with van der Waals surface area (Å²) in [6, 6.07) is 24.4. The van der Waals surface area contributed by atoms with E-state index in [0.717, 1.165) is 22.5 Å². The molecule has 3 aromatic heterocycles. The van der Waals surface area contributed by atoms with Crippen LogP contribution in [-0.4, -0.2) is 30.3 Å². The quantitative estimate of drug-likeness (QED) is 0.209. The molecule has 3 heterocycles. The molecule has 2 N–H and O–H groups in total. The molecule has 10 heteroatoms. The molecule has 0 atom stereocenters. The van der Waals surface area contributed by atoms with Gasteiger partial charge >= 0.3 is 5.69 Å². The highest BCUT2D eigenvalue weighted by atomic mass is 32.1. The molecule has 0 unspecified atom stereocenters. The van der Waals surface area contributed by atoms with Crippen molar-refractivity contribution in [3.63, 3.8) is 0 Å². The summed E-state index contributed by atoms with van der Waals surface area (Å²) in [4.78, 5) is 19.5. The van der Waals surface area contributed by atoms with Crippen LogP contribution in [-0.2, 0) is 0 Å². The highest BCUT2D eigenvalue weighted by Gasteiger charge is 2.33. The van der Waals surface area contributed by atoms with Crippen molar-refractivity contribution in [1.29, 1.82) is 0 Å². The molecule has 3 aromatic carbocycles. The van der Waals surface area contributed by atoms with Crippen molar-refractivity contribution in [2.45, 2.75) is 6.92 Å². The van der Waals surface area contributed by atoms with Crippen LogP contribution >= 0.6 is 11.3 Å². The van der Waals surface area contributed by atoms with E-state index in [9.17, 15) is 9.90 Å². The van der Waals surface area contributed by atoms with Crippen molar-refractivity contribution < 1.29 is 28.6 Å². The van der Waals surface area contributed by atoms with Gasteiger partial charge in [0.1, 0.15) is 9.71 Å². The number of ketones is 1. The molecule has 0 spiro atoms. The number of ether oxygens (including phenoxy) is 2. The third-order valence-electron chi connectivity index (χ3n) is 6.77. The van der Waals surface area contributed by atoms with Gasteiger partial charge in [-0.25, -0.2) is 4.98 Å². The molecule has 0 radical (unpaired) electrons. The fourth-order valence-electron chi connectivity index (χ4n) is 4.77. The van der Waals surface area contributed by atoms with Crippen LogP contribution in [0.4, 0.5) is 5.69 Å². The van der Waals surface area contributed by atoms with Crippen LogP contribution in [0, 0.1) is 6.92 Å². The Morgan fingerprint density at radius 2 is 1.73 bits per heavy atom. The fourth-order valence-corrected chi connectivity index (χ4v) is 5.83. The number of nitrogens with zero attached hydrogens (tertiary/aromatic N) is 3. The lowest BCUT2D eigenvalue weighted by atomic mass is 9.98. The third-order valence-corrected chi connectivity index (χ3v) is 7.87. The smallest absolute Gasteiger partial charge is 0.312 e. The van der Waals surface area contributed by atoms with Gasteiger partial charge in [-0.3, -0.25) is 4.79 Å². The molecule has 0 bridgehead atoms. The van der Waals surface area contributed by atoms with Gasteiger partial charge in [0.2, 0.25) is 5.69 Å². The zero-order chi connectivity index (χ0) is 28.7. The van der Waals surface area contributed by atoms with Gasteiger partial charge in [-0.2, -0.15) is 0 Å². The number of nitrogens with two attached hydrogens (primary N) is 1. The number of hydrogen-bond acceptors (Lipinski definition) is 9. The first-order valence-corrected chi connectivity index (χ1v) is 13.4. The van der Waals surface area contributed by atoms with Gasteiger partial charge in [-0.1, -0.05) is 60.2 Å². The van der Waals surface area contributed by atoms with Crippen LogP contribution in [0.1, 0.15) is 20.9 Å². The Morgan fingerprint density at radius 1 is 0.976 bits per heavy atom. The summed E-state index contributed by atoms with van der Waals surface area (Å²) in [5, 5.41) is 17.1. The number of para-hydroxylation sites is 1. The Morgan fingerprint density at radius 3 is 2.44 bits per heavy atom. The second-order valence-corrected chi connectivity index (χ2v) is 10.3. The summed E-state index contributed by atoms with van der Waals surface area (Å²) in [5.74, 6) is -0.416. The molecular weight excluding hydrogens is 540 g/mol. The van der Waals surface area contributed by atoms with Gasteiger partial charge in [0.05, 0.1) is 30.9 Å². The largest absolute Gasteiger partial charge is 0.539 e. The number of anilines is 1. The lowest BCUT2D eigenvalue weighted by Gasteiger charge is -2.15. The number of hydrogen-bond donors (Lipinski definition) is 1. The summed E-state index contributed by atoms with van der Waals surface area (Å²) in [7, 11) is 3.13. The molecule has 0 aliphatic rings. The average molecular weight is 565 g/mol. The van der Waals surface area contributed by atoms with Gasteiger partial charge < -0.3 is 24.8 Å². The summed E-state index contributed by atoms with van der Waals surface area (Å²) < 4.78 is 17.4. The first-order valence-electron chi connectivity index (χ1n) is 12.6. The predicted molar refractivity (Wildman–Crippen MR) is 154 cm³/mol. The topological polar surface area (TPSA) is 127 Å². The normalized spacial score (nSPS) is 11.1. The van der Waals surface area contributed by atoms with Crippen molar-refractivity contribution in [3.8, 4) is 45.5 Å². The lowest BCUT2D eigenvalue weighted by Crippen LogP contribution is -2.39. The van der Waals surface area contributed by atoms with Crippen molar-refractivity contribution in [2.24, 2.45) is 0 Å². The molecular formula is C31H24N4O5S. The van der Waals surface area contributed by atoms with Crippen LogP contribution in [0.15, 0.2) is 83.4 Å². The Labute approximate surface area is 239 Å². The molecule has 6 rings (SSSR count). The maximum Gasteiger partial charge on any atom is 0.312 e. The van der Waals surface area contributed by atoms with Gasteiger partial charge in [-0.15, -0.1) is 11.3 Å². The minimum absolute atomic E-state index is 0.155. The molecule has 0 aliphatic heterocycles. The monoisotopic (exact) mass is 564 g/mol. The number of aromatic nitrogens is 3. The van der Waals surface area contributed by atoms with Gasteiger partial charge in [0.15, 0.2) is 17.4 Å². The van der Waals surface area contributed by atoms with Crippen molar-refractivity contribution >= 4 is 33.0 Å². The minimum Gasteiger partial charge on any atom is -0.539 e. The molecule has 6 aromatic rings. The Hall–Kier alpha value is -5.22. The Balaban J connectivity index is 1.60. The van der Waals surface area contributed by atoms with Crippen LogP contribution in [0.3, 0.4) is 0 Å². The van der Waals surface area contributed by atoms with E-state index >= 15 is 0 Å². The van der Waals surface area contributed by atoms with Gasteiger partial charge in [0.25, 0.3) is 5.78 Å². The number of benzene rings is 3. The molecule has 0 saturated heterocycles. The Kier molecular flexibility index (Phi) is 6.60. The summed E-state index contributed by atoms with van der Waals surface area (Å²) in [5.41, 5.74) is 11.2. The number of fused-ring (bicyclic) bond motifs is 1. The second-order valence-electron chi connectivity index (χ2n) is 9.27. The Bertz CT molecular complexity index is 1910. The zero-order valence-corrected chi connectivity index (χ0v) is 23.2. The number of thiophene rings is 1. The molecule has 0 aliphatic carbocycles. The molecule has 41 heavy (non-hydrogen) atoms. The van der Waals surface area contributed by atoms with Crippen LogP contribution in [0.2, 0.25) is 0 Å². The van der Waals surface area contributed by atoms with E-state index in [4.69, 9.17) is 24.7 Å². The number of rotatable bonds is 7. The van der Waals surface area contributed by atoms with Gasteiger partial charge in [0, 0.05) is 34.2 Å². The first kappa shape index (κ1) is 26.0. The highest BCUT2D eigenvalue weighted by molar-refractivity contribution is 7.21. The third kappa shape index (κ3) is 4.44. The van der Waals surface area contributed by atoms with E-state index in [0.29, 0.717) is 44.2 Å². The molecule has 204 valence electrons. The molecule has 0 amide bonds. The standard InChI is InChI=1S/C31H24N4O5S/c1-17-12-14-19(15-13-17)35-26(31(37)40-34-35)27(36)29-25(32)24-21(20-10-7-11-23(38-2)28(20)39-3)16-22(33-30(24)41-29)18-8-5-4-6-9-18/h4-16H,1-3H3,(H2-,32,34,36,37). The molecule has 9 nitrogen and oxygen atoms in total. The number of nitrogen functional groups attached to an aromatic ring is 1. The van der Waals surface area contributed by atoms with Crippen molar-refractivity contribution in [3.05, 3.63) is 95.0 Å². The molecule has 0 saturated carbocycles. The fraction of sp³-hybridized carbons (Fsp3) is 0.0968. The first-order chi connectivity index (χ1) is 19.9. The van der Waals surface area contributed by atoms with E-state index in [1.165, 1.54) is 4.68 Å². The maximum absolute atomic E-state index is 13.9. The van der Waals surface area contributed by atoms with E-state index in [2.05, 4.69) is 5.27 Å². The summed E-state index contributed by atoms with van der Waals surface area (Å²) in [6.45, 7) is 1.94. The minimum atomic E-state index is -0.861. The predicted octanol–water partition coefficient (Wildman–Crippen LogP) is 5.11. The van der Waals surface area contributed by atoms with E-state index in [1.807, 2.05) is 67.6 Å². The maximum atomic E-state index is 13.9. The van der Waals surface area contributed by atoms with E-state index in [1.54, 1.807) is 32.4 Å². The number of aryl methyl sites for hydroxylation is 1. The SMILES string of the molecule is COc1cccc(-c2cc(-c3ccccc3)nc3sc(C(=O)c4c([O-])on[n+]4-c4ccc(C)cc4)c(N)c23)c1OC. The van der Waals surface area contributed by atoms with Crippen molar-refractivity contribution in [1.82, 2.24) is 10.3 Å².